The van der Waals surface area contributed by atoms with Crippen molar-refractivity contribution in [2.75, 3.05) is 46.5 Å². The normalized spacial score (nSPS) is 18.6. The molecule has 0 spiro atoms. The number of amides is 1. The Balaban J connectivity index is 2.10. The summed E-state index contributed by atoms with van der Waals surface area (Å²) < 4.78 is 5.21. The van der Waals surface area contributed by atoms with Crippen molar-refractivity contribution in [3.8, 4) is 0 Å². The van der Waals surface area contributed by atoms with E-state index in [1.54, 1.807) is 7.05 Å². The van der Waals surface area contributed by atoms with Crippen LogP contribution in [0.25, 0.3) is 0 Å². The maximum absolute atomic E-state index is 11.4. The highest BCUT2D eigenvalue weighted by Gasteiger charge is 2.23. The van der Waals surface area contributed by atoms with Crippen molar-refractivity contribution >= 4 is 5.91 Å². The van der Waals surface area contributed by atoms with Gasteiger partial charge in [-0.1, -0.05) is 0 Å². The zero-order valence-electron chi connectivity index (χ0n) is 9.95. The van der Waals surface area contributed by atoms with Gasteiger partial charge in [-0.2, -0.15) is 0 Å². The maximum atomic E-state index is 11.4. The lowest BCUT2D eigenvalue weighted by Crippen LogP contribution is -2.40. The molecule has 16 heavy (non-hydrogen) atoms. The Morgan fingerprint density at radius 2 is 2.12 bits per heavy atom. The number of hydrogen-bond donors (Lipinski definition) is 2. The molecule has 0 aliphatic carbocycles. The van der Waals surface area contributed by atoms with E-state index in [0.717, 1.165) is 32.5 Å². The van der Waals surface area contributed by atoms with Crippen LogP contribution in [0.5, 0.6) is 0 Å². The van der Waals surface area contributed by atoms with Gasteiger partial charge in [-0.05, 0) is 25.9 Å². The molecule has 0 unspecified atom stereocenters. The van der Waals surface area contributed by atoms with Crippen LogP contribution in [0.2, 0.25) is 0 Å². The summed E-state index contributed by atoms with van der Waals surface area (Å²) >= 11 is 0. The molecule has 1 aliphatic heterocycles. The Morgan fingerprint density at radius 1 is 1.44 bits per heavy atom. The molecular formula is C11H22N2O3. The minimum Gasteiger partial charge on any atom is -0.394 e. The molecule has 1 rings (SSSR count). The summed E-state index contributed by atoms with van der Waals surface area (Å²) in [5.41, 5.74) is 0. The second-order valence-corrected chi connectivity index (χ2v) is 4.07. The third-order valence-electron chi connectivity index (χ3n) is 2.99. The fourth-order valence-electron chi connectivity index (χ4n) is 1.98. The van der Waals surface area contributed by atoms with E-state index in [0.29, 0.717) is 13.2 Å². The predicted molar refractivity (Wildman–Crippen MR) is 61.1 cm³/mol. The minimum absolute atomic E-state index is 0.0821. The van der Waals surface area contributed by atoms with Crippen molar-refractivity contribution in [1.82, 2.24) is 10.2 Å². The highest BCUT2D eigenvalue weighted by atomic mass is 16.5. The van der Waals surface area contributed by atoms with Gasteiger partial charge >= 0.3 is 0 Å². The molecule has 5 heteroatoms. The number of likely N-dealkylation sites (tertiary alicyclic amines) is 1. The second-order valence-electron chi connectivity index (χ2n) is 4.07. The summed E-state index contributed by atoms with van der Waals surface area (Å²) in [5, 5.41) is 11.2. The van der Waals surface area contributed by atoms with Crippen molar-refractivity contribution < 1.29 is 14.6 Å². The summed E-state index contributed by atoms with van der Waals surface area (Å²) in [5.74, 6) is 0.343. The topological polar surface area (TPSA) is 61.8 Å². The molecule has 1 heterocycles. The average molecular weight is 230 g/mol. The van der Waals surface area contributed by atoms with E-state index in [1.165, 1.54) is 0 Å². The van der Waals surface area contributed by atoms with E-state index in [1.807, 2.05) is 0 Å². The SMILES string of the molecule is CNC(=O)C1CCN(CCOCCO)CC1. The van der Waals surface area contributed by atoms with Gasteiger partial charge in [0.15, 0.2) is 0 Å². The first kappa shape index (κ1) is 13.4. The lowest BCUT2D eigenvalue weighted by molar-refractivity contribution is -0.125. The molecule has 2 N–H and O–H groups in total. The van der Waals surface area contributed by atoms with Crippen molar-refractivity contribution in [3.05, 3.63) is 0 Å². The Kier molecular flexibility index (Phi) is 6.37. The van der Waals surface area contributed by atoms with E-state index >= 15 is 0 Å². The van der Waals surface area contributed by atoms with Gasteiger partial charge in [-0.15, -0.1) is 0 Å². The van der Waals surface area contributed by atoms with Crippen molar-refractivity contribution in [3.63, 3.8) is 0 Å². The van der Waals surface area contributed by atoms with E-state index in [-0.39, 0.29) is 18.4 Å². The number of rotatable bonds is 6. The Hall–Kier alpha value is -0.650. The smallest absolute Gasteiger partial charge is 0.222 e. The van der Waals surface area contributed by atoms with Gasteiger partial charge in [0.25, 0.3) is 0 Å². The molecule has 0 aromatic rings. The highest BCUT2D eigenvalue weighted by Crippen LogP contribution is 2.16. The third kappa shape index (κ3) is 4.47. The summed E-state index contributed by atoms with van der Waals surface area (Å²) in [6.07, 6.45) is 1.86. The van der Waals surface area contributed by atoms with Gasteiger partial charge in [0.1, 0.15) is 0 Å². The number of carbonyl (C=O) groups is 1. The Labute approximate surface area is 96.8 Å². The van der Waals surface area contributed by atoms with Gasteiger partial charge < -0.3 is 20.1 Å². The van der Waals surface area contributed by atoms with Gasteiger partial charge in [0.05, 0.1) is 19.8 Å². The average Bonchev–Trinajstić information content (AvgIpc) is 2.34. The number of ether oxygens (including phenoxy) is 1. The fourth-order valence-corrected chi connectivity index (χ4v) is 1.98. The summed E-state index contributed by atoms with van der Waals surface area (Å²) in [7, 11) is 1.69. The predicted octanol–water partition coefficient (Wildman–Crippen LogP) is -0.547. The lowest BCUT2D eigenvalue weighted by Gasteiger charge is -2.30. The van der Waals surface area contributed by atoms with E-state index in [2.05, 4.69) is 10.2 Å². The van der Waals surface area contributed by atoms with Crippen LogP contribution in [-0.2, 0) is 9.53 Å². The molecule has 1 amide bonds. The minimum atomic E-state index is 0.0821. The Bertz CT molecular complexity index is 203. The second kappa shape index (κ2) is 7.60. The number of aliphatic hydroxyl groups excluding tert-OH is 1. The number of piperidine rings is 1. The molecule has 94 valence electrons. The third-order valence-corrected chi connectivity index (χ3v) is 2.99. The maximum Gasteiger partial charge on any atom is 0.222 e. The van der Waals surface area contributed by atoms with E-state index in [4.69, 9.17) is 9.84 Å². The molecule has 0 atom stereocenters. The number of aliphatic hydroxyl groups is 1. The molecular weight excluding hydrogens is 208 g/mol. The molecule has 0 aromatic carbocycles. The standard InChI is InChI=1S/C11H22N2O3/c1-12-11(15)10-2-4-13(5-3-10)6-8-16-9-7-14/h10,14H,2-9H2,1H3,(H,12,15). The lowest BCUT2D eigenvalue weighted by atomic mass is 9.96. The number of nitrogens with zero attached hydrogens (tertiary/aromatic N) is 1. The monoisotopic (exact) mass is 230 g/mol. The van der Waals surface area contributed by atoms with E-state index < -0.39 is 0 Å². The first-order valence-electron chi connectivity index (χ1n) is 5.90. The van der Waals surface area contributed by atoms with E-state index in [9.17, 15) is 4.79 Å². The van der Waals surface area contributed by atoms with Gasteiger partial charge in [-0.25, -0.2) is 0 Å². The molecule has 1 saturated heterocycles. The molecule has 0 bridgehead atoms. The summed E-state index contributed by atoms with van der Waals surface area (Å²) in [4.78, 5) is 13.7. The Morgan fingerprint density at radius 3 is 2.69 bits per heavy atom. The van der Waals surface area contributed by atoms with Crippen molar-refractivity contribution in [2.45, 2.75) is 12.8 Å². The zero-order valence-corrected chi connectivity index (χ0v) is 9.95. The largest absolute Gasteiger partial charge is 0.394 e. The van der Waals surface area contributed by atoms with Gasteiger partial charge in [-0.3, -0.25) is 4.79 Å². The fraction of sp³-hybridized carbons (Fsp3) is 0.909. The van der Waals surface area contributed by atoms with Crippen LogP contribution < -0.4 is 5.32 Å². The quantitative estimate of drug-likeness (QED) is 0.601. The van der Waals surface area contributed by atoms with Crippen molar-refractivity contribution in [2.24, 2.45) is 5.92 Å². The molecule has 0 aromatic heterocycles. The van der Waals surface area contributed by atoms with Crippen LogP contribution in [0.3, 0.4) is 0 Å². The van der Waals surface area contributed by atoms with Crippen LogP contribution in [0, 0.1) is 5.92 Å². The molecule has 1 fully saturated rings. The van der Waals surface area contributed by atoms with Crippen LogP contribution >= 0.6 is 0 Å². The summed E-state index contributed by atoms with van der Waals surface area (Å²) in [6.45, 7) is 3.96. The first-order chi connectivity index (χ1) is 7.77. The van der Waals surface area contributed by atoms with Crippen LogP contribution in [0.1, 0.15) is 12.8 Å². The van der Waals surface area contributed by atoms with Gasteiger partial charge in [0.2, 0.25) is 5.91 Å². The first-order valence-corrected chi connectivity index (χ1v) is 5.90. The number of carbonyl (C=O) groups excluding carboxylic acids is 1. The van der Waals surface area contributed by atoms with Crippen LogP contribution in [0.15, 0.2) is 0 Å². The molecule has 5 nitrogen and oxygen atoms in total. The number of hydrogen-bond acceptors (Lipinski definition) is 4. The highest BCUT2D eigenvalue weighted by molar-refractivity contribution is 5.78. The molecule has 0 radical (unpaired) electrons. The molecule has 1 aliphatic rings. The van der Waals surface area contributed by atoms with Crippen molar-refractivity contribution in [1.29, 1.82) is 0 Å². The number of nitrogens with one attached hydrogen (secondary N) is 1. The molecule has 0 saturated carbocycles. The van der Waals surface area contributed by atoms with Gasteiger partial charge in [0, 0.05) is 19.5 Å². The van der Waals surface area contributed by atoms with Crippen LogP contribution in [-0.4, -0.2) is 62.4 Å². The van der Waals surface area contributed by atoms with Crippen LogP contribution in [0.4, 0.5) is 0 Å². The zero-order chi connectivity index (χ0) is 11.8. The summed E-state index contributed by atoms with van der Waals surface area (Å²) in [6, 6.07) is 0.